The standard InChI is InChI=1S/C27H28O4S.C7H7ClO2S.C2H6/c1-19-8-15-25(16-9-19)32(29,30)31-18-24-14-17-26(20(24)2)27(28)23-12-10-22(11-13-23)21-6-4-3-5-7-21;1-6-2-4-7(5-3-6)11(8,9)10;1-2/h3-13,15-16,20,24,26H,14,17-18H2,1-2H3;2-5H,1H3;1-2H3/t20-,24-,26?;;/m0../s1. The topological polar surface area (TPSA) is 94.6 Å². The minimum absolute atomic E-state index is 0.0350. The summed E-state index contributed by atoms with van der Waals surface area (Å²) in [6.07, 6.45) is 1.53. The van der Waals surface area contributed by atoms with E-state index in [2.05, 4.69) is 0 Å². The molecular formula is C36H41ClO6S2. The summed E-state index contributed by atoms with van der Waals surface area (Å²) in [6.45, 7) is 9.92. The van der Waals surface area contributed by atoms with Crippen LogP contribution in [-0.4, -0.2) is 29.2 Å². The van der Waals surface area contributed by atoms with E-state index >= 15 is 0 Å². The first kappa shape index (κ1) is 36.2. The lowest BCUT2D eigenvalue weighted by Gasteiger charge is -2.20. The molecule has 0 spiro atoms. The van der Waals surface area contributed by atoms with Crippen molar-refractivity contribution in [1.82, 2.24) is 0 Å². The van der Waals surface area contributed by atoms with E-state index in [9.17, 15) is 21.6 Å². The van der Waals surface area contributed by atoms with Crippen molar-refractivity contribution < 1.29 is 25.8 Å². The third-order valence-corrected chi connectivity index (χ3v) is 10.6. The summed E-state index contributed by atoms with van der Waals surface area (Å²) in [5, 5.41) is 0. The highest BCUT2D eigenvalue weighted by Gasteiger charge is 2.38. The van der Waals surface area contributed by atoms with Crippen molar-refractivity contribution in [1.29, 1.82) is 0 Å². The Balaban J connectivity index is 0.000000357. The van der Waals surface area contributed by atoms with Crippen molar-refractivity contribution in [2.24, 2.45) is 17.8 Å². The number of benzene rings is 4. The number of hydrogen-bond donors (Lipinski definition) is 0. The highest BCUT2D eigenvalue weighted by molar-refractivity contribution is 8.13. The van der Waals surface area contributed by atoms with Gasteiger partial charge in [-0.25, -0.2) is 8.42 Å². The Bertz CT molecular complexity index is 1740. The Morgan fingerprint density at radius 1 is 0.711 bits per heavy atom. The average molecular weight is 669 g/mol. The fourth-order valence-electron chi connectivity index (χ4n) is 5.18. The molecule has 6 nitrogen and oxygen atoms in total. The van der Waals surface area contributed by atoms with Gasteiger partial charge in [0.05, 0.1) is 16.4 Å². The first-order valence-corrected chi connectivity index (χ1v) is 18.7. The fraction of sp³-hybridized carbons (Fsp3) is 0.306. The van der Waals surface area contributed by atoms with Gasteiger partial charge in [-0.2, -0.15) is 8.42 Å². The van der Waals surface area contributed by atoms with Crippen LogP contribution >= 0.6 is 10.7 Å². The van der Waals surface area contributed by atoms with Crippen molar-refractivity contribution >= 4 is 35.6 Å². The van der Waals surface area contributed by atoms with Gasteiger partial charge in [0, 0.05) is 22.2 Å². The Hall–Kier alpha value is -3.30. The van der Waals surface area contributed by atoms with E-state index in [1.165, 1.54) is 12.1 Å². The van der Waals surface area contributed by atoms with Gasteiger partial charge in [-0.05, 0) is 73.9 Å². The molecular weight excluding hydrogens is 628 g/mol. The molecule has 1 saturated carbocycles. The fourth-order valence-corrected chi connectivity index (χ4v) is 6.90. The van der Waals surface area contributed by atoms with Crippen molar-refractivity contribution in [3.05, 3.63) is 120 Å². The normalized spacial score (nSPS) is 17.8. The third kappa shape index (κ3) is 10.1. The van der Waals surface area contributed by atoms with Crippen molar-refractivity contribution in [2.45, 2.75) is 57.3 Å². The van der Waals surface area contributed by atoms with Crippen LogP contribution in [0.3, 0.4) is 0 Å². The Morgan fingerprint density at radius 2 is 1.20 bits per heavy atom. The Labute approximate surface area is 273 Å². The van der Waals surface area contributed by atoms with Gasteiger partial charge in [-0.3, -0.25) is 8.98 Å². The lowest BCUT2D eigenvalue weighted by atomic mass is 9.86. The lowest BCUT2D eigenvalue weighted by molar-refractivity contribution is 0.0879. The van der Waals surface area contributed by atoms with Crippen LogP contribution in [0.1, 0.15) is 55.1 Å². The zero-order chi connectivity index (χ0) is 33.2. The summed E-state index contributed by atoms with van der Waals surface area (Å²) < 4.78 is 51.8. The van der Waals surface area contributed by atoms with Crippen LogP contribution in [0.4, 0.5) is 0 Å². The van der Waals surface area contributed by atoms with Gasteiger partial charge in [0.1, 0.15) is 0 Å². The number of ketones is 1. The molecule has 3 atom stereocenters. The number of Topliss-reactive ketones (excluding diaryl/α,β-unsaturated/α-hetero) is 1. The van der Waals surface area contributed by atoms with Crippen molar-refractivity contribution in [2.75, 3.05) is 6.61 Å². The molecule has 1 fully saturated rings. The van der Waals surface area contributed by atoms with E-state index in [1.54, 1.807) is 36.4 Å². The average Bonchev–Trinajstić information content (AvgIpc) is 3.41. The van der Waals surface area contributed by atoms with Crippen molar-refractivity contribution in [3.63, 3.8) is 0 Å². The van der Waals surface area contributed by atoms with Crippen molar-refractivity contribution in [3.8, 4) is 11.1 Å². The van der Waals surface area contributed by atoms with E-state index in [-0.39, 0.29) is 39.9 Å². The molecule has 5 rings (SSSR count). The van der Waals surface area contributed by atoms with Crippen LogP contribution in [-0.2, 0) is 23.4 Å². The molecule has 0 saturated heterocycles. The summed E-state index contributed by atoms with van der Waals surface area (Å²) in [5.41, 5.74) is 4.90. The Morgan fingerprint density at radius 3 is 1.71 bits per heavy atom. The van der Waals surface area contributed by atoms with E-state index in [4.69, 9.17) is 14.9 Å². The SMILES string of the molecule is CC.Cc1ccc(S(=O)(=O)Cl)cc1.Cc1ccc(S(=O)(=O)OC[C@@H]2CCC(C(=O)c3ccc(-c4ccccc4)cc3)[C@H]2C)cc1. The molecule has 240 valence electrons. The van der Waals surface area contributed by atoms with Crippen LogP contribution in [0.25, 0.3) is 11.1 Å². The molecule has 0 radical (unpaired) electrons. The van der Waals surface area contributed by atoms with E-state index < -0.39 is 19.2 Å². The monoisotopic (exact) mass is 668 g/mol. The van der Waals surface area contributed by atoms with E-state index in [1.807, 2.05) is 89.2 Å². The summed E-state index contributed by atoms with van der Waals surface area (Å²) in [7, 11) is -2.26. The van der Waals surface area contributed by atoms with E-state index in [0.717, 1.165) is 35.1 Å². The number of hydrogen-bond acceptors (Lipinski definition) is 6. The number of rotatable bonds is 8. The molecule has 4 aromatic carbocycles. The molecule has 4 aromatic rings. The molecule has 0 aromatic heterocycles. The second-order valence-electron chi connectivity index (χ2n) is 10.9. The number of aryl methyl sites for hydroxylation is 2. The summed E-state index contributed by atoms with van der Waals surface area (Å²) in [5.74, 6) is 0.103. The number of carbonyl (C=O) groups excluding carboxylic acids is 1. The molecule has 0 bridgehead atoms. The molecule has 0 heterocycles. The maximum Gasteiger partial charge on any atom is 0.296 e. The Kier molecular flexibility index (Phi) is 13.1. The molecule has 0 N–H and O–H groups in total. The van der Waals surface area contributed by atoms with Gasteiger partial charge in [0.15, 0.2) is 5.78 Å². The molecule has 1 unspecified atom stereocenters. The first-order chi connectivity index (χ1) is 21.3. The zero-order valence-corrected chi connectivity index (χ0v) is 28.7. The van der Waals surface area contributed by atoms with Gasteiger partial charge in [-0.1, -0.05) is 111 Å². The summed E-state index contributed by atoms with van der Waals surface area (Å²) >= 11 is 0. The lowest BCUT2D eigenvalue weighted by Crippen LogP contribution is -2.23. The van der Waals surface area contributed by atoms with Crippen LogP contribution in [0.5, 0.6) is 0 Å². The van der Waals surface area contributed by atoms with Gasteiger partial charge in [-0.15, -0.1) is 0 Å². The van der Waals surface area contributed by atoms with Crippen LogP contribution < -0.4 is 0 Å². The minimum atomic E-state index is -3.79. The van der Waals surface area contributed by atoms with E-state index in [0.29, 0.717) is 5.56 Å². The molecule has 0 aliphatic heterocycles. The molecule has 1 aliphatic rings. The predicted octanol–water partition coefficient (Wildman–Crippen LogP) is 8.86. The first-order valence-electron chi connectivity index (χ1n) is 15.0. The third-order valence-electron chi connectivity index (χ3n) is 7.89. The second kappa shape index (κ2) is 16.3. The van der Waals surface area contributed by atoms with Gasteiger partial charge >= 0.3 is 0 Å². The molecule has 45 heavy (non-hydrogen) atoms. The maximum absolute atomic E-state index is 13.1. The molecule has 0 amide bonds. The maximum atomic E-state index is 13.1. The quantitative estimate of drug-likeness (QED) is 0.106. The van der Waals surface area contributed by atoms with Crippen LogP contribution in [0.15, 0.2) is 113 Å². The summed E-state index contributed by atoms with van der Waals surface area (Å²) in [6, 6.07) is 30.8. The predicted molar refractivity (Wildman–Crippen MR) is 181 cm³/mol. The van der Waals surface area contributed by atoms with Gasteiger partial charge in [0.25, 0.3) is 19.2 Å². The zero-order valence-electron chi connectivity index (χ0n) is 26.3. The largest absolute Gasteiger partial charge is 0.296 e. The second-order valence-corrected chi connectivity index (χ2v) is 15.1. The van der Waals surface area contributed by atoms with Gasteiger partial charge in [0.2, 0.25) is 0 Å². The molecule has 1 aliphatic carbocycles. The van der Waals surface area contributed by atoms with Gasteiger partial charge < -0.3 is 0 Å². The number of halogens is 1. The summed E-state index contributed by atoms with van der Waals surface area (Å²) in [4.78, 5) is 13.5. The smallest absolute Gasteiger partial charge is 0.294 e. The number of carbonyl (C=O) groups is 1. The van der Waals surface area contributed by atoms with Crippen LogP contribution in [0.2, 0.25) is 0 Å². The highest BCUT2D eigenvalue weighted by Crippen LogP contribution is 2.39. The highest BCUT2D eigenvalue weighted by atomic mass is 35.7. The minimum Gasteiger partial charge on any atom is -0.294 e. The van der Waals surface area contributed by atoms with Crippen LogP contribution in [0, 0.1) is 31.6 Å². The molecule has 9 heteroatoms.